The van der Waals surface area contributed by atoms with Gasteiger partial charge in [0, 0.05) is 0 Å². The topological polar surface area (TPSA) is 68.1 Å². The summed E-state index contributed by atoms with van der Waals surface area (Å²) >= 11 is 0. The molecular weight excluding hydrogens is 344 g/mol. The SMILES string of the molecule is Cc1ccc(N2C(=O)c3ccc(C(=O)OCC[NH+](C)C)cc3C2=O)cc1C. The predicted molar refractivity (Wildman–Crippen MR) is 101 cm³/mol. The Morgan fingerprint density at radius 3 is 2.33 bits per heavy atom. The molecule has 2 amide bonds. The van der Waals surface area contributed by atoms with Crippen molar-refractivity contribution in [3.63, 3.8) is 0 Å². The predicted octanol–water partition coefficient (Wildman–Crippen LogP) is 1.41. The fourth-order valence-electron chi connectivity index (χ4n) is 2.90. The number of benzene rings is 2. The molecule has 1 heterocycles. The third-order valence-corrected chi connectivity index (χ3v) is 4.71. The normalized spacial score (nSPS) is 13.3. The number of fused-ring (bicyclic) bond motifs is 1. The van der Waals surface area contributed by atoms with E-state index in [4.69, 9.17) is 4.74 Å². The number of ether oxygens (including phenoxy) is 1. The minimum Gasteiger partial charge on any atom is -0.456 e. The summed E-state index contributed by atoms with van der Waals surface area (Å²) in [7, 11) is 3.93. The van der Waals surface area contributed by atoms with Crippen LogP contribution in [0, 0.1) is 13.8 Å². The van der Waals surface area contributed by atoms with Crippen molar-refractivity contribution in [1.82, 2.24) is 0 Å². The largest absolute Gasteiger partial charge is 0.456 e. The van der Waals surface area contributed by atoms with Gasteiger partial charge in [-0.1, -0.05) is 6.07 Å². The molecular formula is C21H23N2O4+. The molecule has 6 heteroatoms. The van der Waals surface area contributed by atoms with Gasteiger partial charge in [-0.15, -0.1) is 0 Å². The lowest BCUT2D eigenvalue weighted by Gasteiger charge is -2.15. The monoisotopic (exact) mass is 367 g/mol. The average molecular weight is 367 g/mol. The summed E-state index contributed by atoms with van der Waals surface area (Å²) in [6.45, 7) is 4.88. The van der Waals surface area contributed by atoms with Gasteiger partial charge in [0.05, 0.1) is 36.5 Å². The van der Waals surface area contributed by atoms with Gasteiger partial charge in [0.2, 0.25) is 0 Å². The van der Waals surface area contributed by atoms with Crippen LogP contribution in [0.4, 0.5) is 5.69 Å². The number of carbonyl (C=O) groups is 3. The number of aryl methyl sites for hydroxylation is 2. The highest BCUT2D eigenvalue weighted by Gasteiger charge is 2.37. The Morgan fingerprint density at radius 2 is 1.67 bits per heavy atom. The molecule has 0 spiro atoms. The number of hydrogen-bond donors (Lipinski definition) is 1. The van der Waals surface area contributed by atoms with E-state index >= 15 is 0 Å². The second kappa shape index (κ2) is 7.32. The van der Waals surface area contributed by atoms with Crippen LogP contribution >= 0.6 is 0 Å². The Morgan fingerprint density at radius 1 is 0.963 bits per heavy atom. The van der Waals surface area contributed by atoms with E-state index in [0.717, 1.165) is 16.0 Å². The van der Waals surface area contributed by atoms with Gasteiger partial charge >= 0.3 is 5.97 Å². The average Bonchev–Trinajstić information content (AvgIpc) is 2.87. The van der Waals surface area contributed by atoms with Crippen LogP contribution in [-0.2, 0) is 4.74 Å². The van der Waals surface area contributed by atoms with Gasteiger partial charge in [-0.2, -0.15) is 0 Å². The van der Waals surface area contributed by atoms with Crippen molar-refractivity contribution in [2.24, 2.45) is 0 Å². The first kappa shape index (κ1) is 18.8. The van der Waals surface area contributed by atoms with Crippen molar-refractivity contribution in [1.29, 1.82) is 0 Å². The molecule has 0 unspecified atom stereocenters. The maximum Gasteiger partial charge on any atom is 0.338 e. The van der Waals surface area contributed by atoms with E-state index < -0.39 is 11.9 Å². The second-order valence-electron chi connectivity index (χ2n) is 7.07. The van der Waals surface area contributed by atoms with Gasteiger partial charge < -0.3 is 9.64 Å². The number of esters is 1. The van der Waals surface area contributed by atoms with Crippen LogP contribution < -0.4 is 9.80 Å². The van der Waals surface area contributed by atoms with Gasteiger partial charge in [0.1, 0.15) is 13.2 Å². The van der Waals surface area contributed by atoms with Crippen LogP contribution in [0.3, 0.4) is 0 Å². The highest BCUT2D eigenvalue weighted by Crippen LogP contribution is 2.30. The number of carbonyl (C=O) groups excluding carboxylic acids is 3. The van der Waals surface area contributed by atoms with E-state index in [1.54, 1.807) is 6.07 Å². The van der Waals surface area contributed by atoms with Gasteiger partial charge in [0.15, 0.2) is 0 Å². The first-order valence-electron chi connectivity index (χ1n) is 8.86. The third-order valence-electron chi connectivity index (χ3n) is 4.71. The molecule has 0 saturated carbocycles. The van der Waals surface area contributed by atoms with Crippen molar-refractivity contribution in [2.75, 3.05) is 32.1 Å². The summed E-state index contributed by atoms with van der Waals surface area (Å²) in [5.41, 5.74) is 3.41. The number of likely N-dealkylation sites (N-methyl/N-ethyl adjacent to an activating group) is 1. The van der Waals surface area contributed by atoms with Crippen LogP contribution in [0.25, 0.3) is 0 Å². The van der Waals surface area contributed by atoms with E-state index in [2.05, 4.69) is 0 Å². The molecule has 0 saturated heterocycles. The summed E-state index contributed by atoms with van der Waals surface area (Å²) in [5, 5.41) is 0. The number of nitrogens with zero attached hydrogens (tertiary/aromatic N) is 1. The molecule has 0 fully saturated rings. The summed E-state index contributed by atoms with van der Waals surface area (Å²) in [6.07, 6.45) is 0. The van der Waals surface area contributed by atoms with Crippen molar-refractivity contribution in [2.45, 2.75) is 13.8 Å². The lowest BCUT2D eigenvalue weighted by Crippen LogP contribution is -3.06. The van der Waals surface area contributed by atoms with Crippen molar-refractivity contribution >= 4 is 23.5 Å². The molecule has 27 heavy (non-hydrogen) atoms. The molecule has 2 aromatic rings. The zero-order valence-corrected chi connectivity index (χ0v) is 16.0. The van der Waals surface area contributed by atoms with Crippen LogP contribution in [0.1, 0.15) is 42.2 Å². The van der Waals surface area contributed by atoms with Crippen LogP contribution in [-0.4, -0.2) is 45.0 Å². The maximum atomic E-state index is 12.8. The molecule has 2 aromatic carbocycles. The summed E-state index contributed by atoms with van der Waals surface area (Å²) in [6, 6.07) is 9.94. The Hall–Kier alpha value is -2.99. The number of hydrogen-bond acceptors (Lipinski definition) is 4. The van der Waals surface area contributed by atoms with Gasteiger partial charge in [0.25, 0.3) is 11.8 Å². The number of rotatable bonds is 5. The standard InChI is InChI=1S/C21H22N2O4/c1-13-5-7-16(11-14(13)2)23-19(24)17-8-6-15(12-18(17)20(23)25)21(26)27-10-9-22(3)4/h5-8,11-12H,9-10H2,1-4H3/p+1. The first-order chi connectivity index (χ1) is 12.8. The third kappa shape index (κ3) is 3.61. The Bertz CT molecular complexity index is 934. The minimum atomic E-state index is -0.496. The minimum absolute atomic E-state index is 0.228. The number of amides is 2. The Kier molecular flexibility index (Phi) is 5.10. The van der Waals surface area contributed by atoms with E-state index in [1.807, 2.05) is 40.1 Å². The Balaban J connectivity index is 1.86. The number of imide groups is 1. The summed E-state index contributed by atoms with van der Waals surface area (Å²) in [5.74, 6) is -1.30. The molecule has 0 atom stereocenters. The lowest BCUT2D eigenvalue weighted by molar-refractivity contribution is -0.858. The van der Waals surface area contributed by atoms with E-state index in [-0.39, 0.29) is 17.0 Å². The summed E-state index contributed by atoms with van der Waals surface area (Å²) < 4.78 is 5.23. The van der Waals surface area contributed by atoms with Gasteiger partial charge in [-0.3, -0.25) is 9.59 Å². The Labute approximate surface area is 158 Å². The molecule has 1 aliphatic heterocycles. The lowest BCUT2D eigenvalue weighted by atomic mass is 10.1. The second-order valence-corrected chi connectivity index (χ2v) is 7.07. The zero-order valence-electron chi connectivity index (χ0n) is 16.0. The van der Waals surface area contributed by atoms with E-state index in [9.17, 15) is 14.4 Å². The first-order valence-corrected chi connectivity index (χ1v) is 8.86. The van der Waals surface area contributed by atoms with Crippen molar-refractivity contribution < 1.29 is 24.0 Å². The molecule has 1 aliphatic rings. The van der Waals surface area contributed by atoms with Crippen LogP contribution in [0.5, 0.6) is 0 Å². The molecule has 6 nitrogen and oxygen atoms in total. The van der Waals surface area contributed by atoms with Gasteiger partial charge in [-0.25, -0.2) is 9.69 Å². The quantitative estimate of drug-likeness (QED) is 0.641. The molecule has 3 rings (SSSR count). The van der Waals surface area contributed by atoms with Crippen molar-refractivity contribution in [3.05, 3.63) is 64.2 Å². The fourth-order valence-corrected chi connectivity index (χ4v) is 2.90. The molecule has 1 N–H and O–H groups in total. The number of nitrogens with one attached hydrogen (secondary N) is 1. The molecule has 0 bridgehead atoms. The van der Waals surface area contributed by atoms with Crippen LogP contribution in [0.2, 0.25) is 0 Å². The van der Waals surface area contributed by atoms with Crippen LogP contribution in [0.15, 0.2) is 36.4 Å². The van der Waals surface area contributed by atoms with Crippen molar-refractivity contribution in [3.8, 4) is 0 Å². The highest BCUT2D eigenvalue weighted by atomic mass is 16.5. The zero-order chi connectivity index (χ0) is 19.7. The maximum absolute atomic E-state index is 12.8. The van der Waals surface area contributed by atoms with E-state index in [1.165, 1.54) is 23.1 Å². The molecule has 0 aliphatic carbocycles. The smallest absolute Gasteiger partial charge is 0.338 e. The number of quaternary nitrogens is 1. The number of anilines is 1. The fraction of sp³-hybridized carbons (Fsp3) is 0.286. The molecule has 0 aromatic heterocycles. The van der Waals surface area contributed by atoms with Gasteiger partial charge in [-0.05, 0) is 55.3 Å². The molecule has 0 radical (unpaired) electrons. The highest BCUT2D eigenvalue weighted by molar-refractivity contribution is 6.34. The summed E-state index contributed by atoms with van der Waals surface area (Å²) in [4.78, 5) is 40.1. The molecule has 140 valence electrons. The van der Waals surface area contributed by atoms with E-state index in [0.29, 0.717) is 24.4 Å².